The van der Waals surface area contributed by atoms with Gasteiger partial charge < -0.3 is 29.0 Å². The van der Waals surface area contributed by atoms with Crippen molar-refractivity contribution in [2.24, 2.45) is 0 Å². The number of unbranched alkanes of at least 4 members (excludes halogenated alkanes) is 1. The highest BCUT2D eigenvalue weighted by Crippen LogP contribution is 2.52. The summed E-state index contributed by atoms with van der Waals surface area (Å²) in [5, 5.41) is 6.59. The van der Waals surface area contributed by atoms with Crippen LogP contribution in [0.2, 0.25) is 0 Å². The molecular weight excluding hydrogens is 735 g/mol. The van der Waals surface area contributed by atoms with E-state index in [-0.39, 0.29) is 17.9 Å². The van der Waals surface area contributed by atoms with Gasteiger partial charge in [-0.15, -0.1) is 0 Å². The second kappa shape index (κ2) is 21.9. The number of carbonyl (C=O) groups excluding carboxylic acids is 4. The summed E-state index contributed by atoms with van der Waals surface area (Å²) < 4.78 is 27.3. The molecule has 5 aromatic rings. The number of nitrogens with one attached hydrogen (secondary N) is 1. The highest BCUT2D eigenvalue weighted by Gasteiger charge is 2.32. The van der Waals surface area contributed by atoms with Crippen molar-refractivity contribution in [3.63, 3.8) is 0 Å². The average molecular weight is 788 g/mol. The molecule has 1 aliphatic rings. The van der Waals surface area contributed by atoms with Gasteiger partial charge in [-0.25, -0.2) is 9.59 Å². The molecule has 0 bridgehead atoms. The number of amides is 1. The van der Waals surface area contributed by atoms with Crippen LogP contribution in [-0.4, -0.2) is 51.2 Å². The number of hydrogen-bond acceptors (Lipinski definition) is 9. The maximum atomic E-state index is 12.3. The van der Waals surface area contributed by atoms with Crippen LogP contribution >= 0.6 is 0 Å². The molecule has 6 rings (SSSR count). The van der Waals surface area contributed by atoms with Gasteiger partial charge in [0.1, 0.15) is 29.3 Å². The van der Waals surface area contributed by atoms with Crippen molar-refractivity contribution in [3.05, 3.63) is 131 Å². The molecule has 0 fully saturated rings. The van der Waals surface area contributed by atoms with Crippen molar-refractivity contribution < 1.29 is 42.9 Å². The lowest BCUT2D eigenvalue weighted by Crippen LogP contribution is -2.29. The van der Waals surface area contributed by atoms with Crippen LogP contribution in [0.4, 0.5) is 4.79 Å². The van der Waals surface area contributed by atoms with Crippen LogP contribution in [0.5, 0.6) is 23.0 Å². The third-order valence-electron chi connectivity index (χ3n) is 8.96. The van der Waals surface area contributed by atoms with Gasteiger partial charge in [0.2, 0.25) is 0 Å². The Morgan fingerprint density at radius 3 is 1.81 bits per heavy atom. The summed E-state index contributed by atoms with van der Waals surface area (Å²) in [6.07, 6.45) is 4.27. The van der Waals surface area contributed by atoms with Gasteiger partial charge in [-0.1, -0.05) is 88.4 Å². The number of rotatable bonds is 13. The van der Waals surface area contributed by atoms with E-state index in [1.165, 1.54) is 12.5 Å². The molecule has 5 aromatic carbocycles. The van der Waals surface area contributed by atoms with Crippen LogP contribution in [0.3, 0.4) is 0 Å². The normalized spacial score (nSPS) is 12.2. The van der Waals surface area contributed by atoms with Crippen LogP contribution < -0.4 is 19.5 Å². The van der Waals surface area contributed by atoms with E-state index in [1.54, 1.807) is 21.0 Å². The highest BCUT2D eigenvalue weighted by atomic mass is 16.6. The van der Waals surface area contributed by atoms with Gasteiger partial charge >= 0.3 is 18.0 Å². The first kappa shape index (κ1) is 44.5. The minimum absolute atomic E-state index is 0.134. The fraction of sp³-hybridized carbons (Fsp3) is 0.292. The molecule has 0 saturated carbocycles. The number of ether oxygens (including phenoxy) is 5. The largest absolute Gasteiger partial charge is 0.462 e. The molecule has 304 valence electrons. The first-order valence-electron chi connectivity index (χ1n) is 19.4. The summed E-state index contributed by atoms with van der Waals surface area (Å²) in [5.74, 6) is 1.74. The monoisotopic (exact) mass is 787 g/mol. The average Bonchev–Trinajstić information content (AvgIpc) is 3.20. The van der Waals surface area contributed by atoms with Crippen LogP contribution in [-0.2, 0) is 30.3 Å². The number of allylic oxidation sites excluding steroid dienone is 1. The number of benzene rings is 5. The topological polar surface area (TPSA) is 126 Å². The molecule has 1 amide bonds. The molecule has 58 heavy (non-hydrogen) atoms. The summed E-state index contributed by atoms with van der Waals surface area (Å²) in [4.78, 5) is 44.0. The Labute approximate surface area is 340 Å². The predicted octanol–water partition coefficient (Wildman–Crippen LogP) is 10.6. The molecule has 0 aliphatic carbocycles. The maximum Gasteiger partial charge on any atom is 0.412 e. The summed E-state index contributed by atoms with van der Waals surface area (Å²) in [6.45, 7) is 17.0. The van der Waals surface area contributed by atoms with Crippen molar-refractivity contribution in [1.29, 1.82) is 0 Å². The minimum atomic E-state index is -0.531. The van der Waals surface area contributed by atoms with Gasteiger partial charge in [0.15, 0.2) is 0 Å². The molecule has 1 atom stereocenters. The molecule has 0 radical (unpaired) electrons. The van der Waals surface area contributed by atoms with Crippen molar-refractivity contribution in [3.8, 4) is 23.0 Å². The van der Waals surface area contributed by atoms with E-state index in [0.717, 1.165) is 81.7 Å². The lowest BCUT2D eigenvalue weighted by Gasteiger charge is -2.31. The molecule has 1 N–H and O–H groups in total. The van der Waals surface area contributed by atoms with Gasteiger partial charge in [0, 0.05) is 43.2 Å². The van der Waals surface area contributed by atoms with E-state index >= 15 is 0 Å². The van der Waals surface area contributed by atoms with Crippen LogP contribution in [0.25, 0.3) is 21.5 Å². The van der Waals surface area contributed by atoms with Crippen molar-refractivity contribution in [1.82, 2.24) is 5.32 Å². The first-order valence-corrected chi connectivity index (χ1v) is 19.4. The molecular formula is C48H53NO9. The second-order valence-electron chi connectivity index (χ2n) is 13.9. The van der Waals surface area contributed by atoms with Crippen molar-refractivity contribution in [2.75, 3.05) is 26.9 Å². The van der Waals surface area contributed by atoms with Gasteiger partial charge in [-0.05, 0) is 101 Å². The van der Waals surface area contributed by atoms with Gasteiger partial charge in [0.25, 0.3) is 0 Å². The van der Waals surface area contributed by atoms with Crippen molar-refractivity contribution in [2.45, 2.75) is 66.2 Å². The Kier molecular flexibility index (Phi) is 16.8. The zero-order valence-corrected chi connectivity index (χ0v) is 34.3. The van der Waals surface area contributed by atoms with Gasteiger partial charge in [-0.2, -0.15) is 0 Å². The zero-order valence-electron chi connectivity index (χ0n) is 34.3. The Hall–Kier alpha value is -6.26. The number of aldehydes is 1. The van der Waals surface area contributed by atoms with E-state index in [0.29, 0.717) is 42.4 Å². The van der Waals surface area contributed by atoms with Crippen molar-refractivity contribution >= 4 is 45.9 Å². The maximum absolute atomic E-state index is 12.3. The Morgan fingerprint density at radius 1 is 0.759 bits per heavy atom. The number of fused-ring (bicyclic) bond motifs is 6. The highest BCUT2D eigenvalue weighted by molar-refractivity contribution is 5.96. The molecule has 10 nitrogen and oxygen atoms in total. The molecule has 1 unspecified atom stereocenters. The molecule has 0 aromatic heterocycles. The summed E-state index contributed by atoms with van der Waals surface area (Å²) in [5.41, 5.74) is 5.58. The number of aryl methyl sites for hydroxylation is 1. The third kappa shape index (κ3) is 12.1. The molecule has 10 heteroatoms. The van der Waals surface area contributed by atoms with Crippen LogP contribution in [0.15, 0.2) is 109 Å². The Morgan fingerprint density at radius 2 is 1.33 bits per heavy atom. The van der Waals surface area contributed by atoms with Crippen LogP contribution in [0, 0.1) is 0 Å². The van der Waals surface area contributed by atoms with E-state index in [1.807, 2.05) is 60.7 Å². The second-order valence-corrected chi connectivity index (χ2v) is 13.9. The van der Waals surface area contributed by atoms with Gasteiger partial charge in [0.05, 0.1) is 13.2 Å². The van der Waals surface area contributed by atoms with Crippen LogP contribution in [0.1, 0.15) is 82.1 Å². The van der Waals surface area contributed by atoms with E-state index in [4.69, 9.17) is 23.7 Å². The Balaban J connectivity index is 0.000000422. The number of methoxy groups -OCH3 is 1. The minimum Gasteiger partial charge on any atom is -0.462 e. The number of carbonyl (C=O) groups is 4. The summed E-state index contributed by atoms with van der Waals surface area (Å²) in [6, 6.07) is 28.2. The molecule has 1 heterocycles. The molecule has 1 aliphatic heterocycles. The predicted molar refractivity (Wildman–Crippen MR) is 228 cm³/mol. The summed E-state index contributed by atoms with van der Waals surface area (Å²) in [7, 11) is 1.58. The SMILES string of the molecule is C=C(C)C(=O)OCCCC.C=C(C)C=O.CCCc1ccc(C2c3c(ccc4cc(OC(C)=O)ccc34)Oc3ccc4cc(OC(=O)NCCOC)ccc4c32)cc1. The number of esters is 2. The number of hydrogen-bond donors (Lipinski definition) is 1. The van der Waals surface area contributed by atoms with E-state index < -0.39 is 6.09 Å². The smallest absolute Gasteiger partial charge is 0.412 e. The standard InChI is InChI=1S/C36H33NO6.C8H14O2.C4H6O/c1-4-5-23-6-8-24(9-7-23)33-34-29-14-12-27(41-22(2)38)20-25(29)10-16-31(34)43-32-17-11-26-21-28(13-15-30(26)35(32)33)42-36(39)37-18-19-40-3;1-4-5-6-10-8(9)7(2)3;1-4(2)3-5/h6-17,20-21,33H,4-5,18-19H2,1-3H3,(H,37,39);2,4-6H2,1,3H3;3H,1H2,2H3. The molecule has 0 saturated heterocycles. The Bertz CT molecular complexity index is 2260. The first-order chi connectivity index (χ1) is 27.9. The molecule has 0 spiro atoms. The van der Waals surface area contributed by atoms with Gasteiger partial charge in [-0.3, -0.25) is 9.59 Å². The fourth-order valence-corrected chi connectivity index (χ4v) is 6.28. The fourth-order valence-electron chi connectivity index (χ4n) is 6.28. The quantitative estimate of drug-likeness (QED) is 0.0400. The van der Waals surface area contributed by atoms with E-state index in [9.17, 15) is 19.2 Å². The van der Waals surface area contributed by atoms with E-state index in [2.05, 4.69) is 56.6 Å². The summed E-state index contributed by atoms with van der Waals surface area (Å²) >= 11 is 0. The lowest BCUT2D eigenvalue weighted by atomic mass is 9.78. The lowest BCUT2D eigenvalue weighted by molar-refractivity contribution is -0.139. The zero-order chi connectivity index (χ0) is 42.2. The third-order valence-corrected chi connectivity index (χ3v) is 8.96.